The van der Waals surface area contributed by atoms with Crippen LogP contribution in [0, 0.1) is 0 Å². The smallest absolute Gasteiger partial charge is 0.322 e. The number of unbranched alkanes of at least 4 members (excludes halogenated alkanes) is 7. The zero-order chi connectivity index (χ0) is 15.1. The van der Waals surface area contributed by atoms with Gasteiger partial charge in [-0.15, -0.1) is 0 Å². The number of hydrogen-bond donors (Lipinski definition) is 2. The van der Waals surface area contributed by atoms with Crippen LogP contribution in [-0.4, -0.2) is 23.5 Å². The van der Waals surface area contributed by atoms with Gasteiger partial charge in [0.2, 0.25) is 5.91 Å². The molecule has 0 aliphatic heterocycles. The summed E-state index contributed by atoms with van der Waals surface area (Å²) < 4.78 is 0. The summed E-state index contributed by atoms with van der Waals surface area (Å²) in [5.74, 6) is -1.16. The molecule has 0 aliphatic rings. The van der Waals surface area contributed by atoms with Gasteiger partial charge in [0.25, 0.3) is 0 Å². The van der Waals surface area contributed by atoms with E-state index >= 15 is 0 Å². The van der Waals surface area contributed by atoms with Gasteiger partial charge in [-0.3, -0.25) is 9.59 Å². The van der Waals surface area contributed by atoms with E-state index in [0.717, 1.165) is 25.7 Å². The van der Waals surface area contributed by atoms with Crippen LogP contribution in [-0.2, 0) is 9.59 Å². The maximum atomic E-state index is 11.2. The van der Waals surface area contributed by atoms with E-state index in [1.54, 1.807) is 0 Å². The van der Waals surface area contributed by atoms with Crippen LogP contribution >= 0.6 is 0 Å². The Morgan fingerprint density at radius 1 is 0.950 bits per heavy atom. The molecular weight excluding hydrogens is 254 g/mol. The van der Waals surface area contributed by atoms with Gasteiger partial charge in [-0.2, -0.15) is 0 Å². The van der Waals surface area contributed by atoms with E-state index in [9.17, 15) is 9.59 Å². The second kappa shape index (κ2) is 14.1. The zero-order valence-corrected chi connectivity index (χ0v) is 12.7. The minimum absolute atomic E-state index is 0.164. The molecule has 1 amide bonds. The molecule has 4 heteroatoms. The van der Waals surface area contributed by atoms with E-state index in [1.807, 2.05) is 0 Å². The summed E-state index contributed by atoms with van der Waals surface area (Å²) in [5, 5.41) is 10.8. The van der Waals surface area contributed by atoms with E-state index in [-0.39, 0.29) is 12.5 Å². The number of allylic oxidation sites excluding steroid dienone is 2. The summed E-state index contributed by atoms with van der Waals surface area (Å²) in [4.78, 5) is 21.5. The first kappa shape index (κ1) is 18.7. The third-order valence-electron chi connectivity index (χ3n) is 3.10. The summed E-state index contributed by atoms with van der Waals surface area (Å²) in [6.45, 7) is 1.94. The Morgan fingerprint density at radius 3 is 2.15 bits per heavy atom. The fourth-order valence-corrected chi connectivity index (χ4v) is 1.91. The largest absolute Gasteiger partial charge is 0.480 e. The molecule has 0 aliphatic carbocycles. The van der Waals surface area contributed by atoms with Gasteiger partial charge in [0, 0.05) is 6.42 Å². The van der Waals surface area contributed by atoms with Crippen LogP contribution < -0.4 is 5.32 Å². The molecule has 0 aromatic rings. The molecule has 0 saturated heterocycles. The van der Waals surface area contributed by atoms with Gasteiger partial charge < -0.3 is 10.4 Å². The highest BCUT2D eigenvalue weighted by atomic mass is 16.4. The predicted octanol–water partition coefficient (Wildman–Crippen LogP) is 3.66. The lowest BCUT2D eigenvalue weighted by atomic mass is 10.1. The molecule has 0 heterocycles. The van der Waals surface area contributed by atoms with Crippen molar-refractivity contribution < 1.29 is 14.7 Å². The maximum absolute atomic E-state index is 11.2. The van der Waals surface area contributed by atoms with Crippen LogP contribution in [0.5, 0.6) is 0 Å². The summed E-state index contributed by atoms with van der Waals surface area (Å²) in [5.41, 5.74) is 0. The molecule has 2 N–H and O–H groups in total. The number of carboxylic acid groups (broad SMARTS) is 1. The van der Waals surface area contributed by atoms with Gasteiger partial charge in [-0.05, 0) is 32.1 Å². The Hall–Kier alpha value is -1.32. The first-order valence-corrected chi connectivity index (χ1v) is 7.80. The van der Waals surface area contributed by atoms with Crippen LogP contribution in [0.1, 0.15) is 71.1 Å². The van der Waals surface area contributed by atoms with E-state index in [2.05, 4.69) is 24.4 Å². The van der Waals surface area contributed by atoms with Crippen LogP contribution in [0.15, 0.2) is 12.2 Å². The van der Waals surface area contributed by atoms with Crippen molar-refractivity contribution in [3.05, 3.63) is 12.2 Å². The molecule has 116 valence electrons. The number of hydrogen-bond acceptors (Lipinski definition) is 2. The van der Waals surface area contributed by atoms with Crippen molar-refractivity contribution >= 4 is 11.9 Å². The number of amides is 1. The maximum Gasteiger partial charge on any atom is 0.322 e. The molecule has 20 heavy (non-hydrogen) atoms. The lowest BCUT2D eigenvalue weighted by molar-refractivity contribution is -0.137. The number of nitrogens with one attached hydrogen (secondary N) is 1. The van der Waals surface area contributed by atoms with E-state index in [1.165, 1.54) is 32.1 Å². The molecule has 4 nitrogen and oxygen atoms in total. The zero-order valence-electron chi connectivity index (χ0n) is 12.7. The van der Waals surface area contributed by atoms with E-state index < -0.39 is 5.97 Å². The Bertz CT molecular complexity index is 287. The van der Waals surface area contributed by atoms with Crippen molar-refractivity contribution in [3.63, 3.8) is 0 Å². The first-order valence-electron chi connectivity index (χ1n) is 7.80. The summed E-state index contributed by atoms with van der Waals surface area (Å²) in [6.07, 6.45) is 15.3. The van der Waals surface area contributed by atoms with Crippen molar-refractivity contribution in [2.45, 2.75) is 71.1 Å². The number of carbonyl (C=O) groups is 2. The first-order chi connectivity index (χ1) is 9.66. The normalized spacial score (nSPS) is 10.8. The average molecular weight is 283 g/mol. The molecular formula is C16H29NO3. The molecule has 0 saturated carbocycles. The molecule has 0 rings (SSSR count). The molecule has 0 atom stereocenters. The number of rotatable bonds is 13. The SMILES string of the molecule is CCCCC/C=C\CCCCCCC(=O)NCC(=O)O. The molecule has 0 spiro atoms. The quantitative estimate of drug-likeness (QED) is 0.400. The van der Waals surface area contributed by atoms with Crippen LogP contribution in [0.3, 0.4) is 0 Å². The Morgan fingerprint density at radius 2 is 1.55 bits per heavy atom. The molecule has 0 fully saturated rings. The van der Waals surface area contributed by atoms with Crippen LogP contribution in [0.4, 0.5) is 0 Å². The minimum atomic E-state index is -0.996. The van der Waals surface area contributed by atoms with Crippen molar-refractivity contribution in [3.8, 4) is 0 Å². The molecule has 0 aromatic heterocycles. The van der Waals surface area contributed by atoms with Gasteiger partial charge >= 0.3 is 5.97 Å². The lowest BCUT2D eigenvalue weighted by Gasteiger charge is -2.02. The topological polar surface area (TPSA) is 66.4 Å². The van der Waals surface area contributed by atoms with Crippen LogP contribution in [0.2, 0.25) is 0 Å². The van der Waals surface area contributed by atoms with Crippen molar-refractivity contribution in [1.29, 1.82) is 0 Å². The van der Waals surface area contributed by atoms with Crippen molar-refractivity contribution in [2.75, 3.05) is 6.54 Å². The summed E-state index contributed by atoms with van der Waals surface area (Å²) >= 11 is 0. The Kier molecular flexibility index (Phi) is 13.2. The lowest BCUT2D eigenvalue weighted by Crippen LogP contribution is -2.28. The molecule has 0 radical (unpaired) electrons. The molecule has 0 bridgehead atoms. The monoisotopic (exact) mass is 283 g/mol. The number of aliphatic carboxylic acids is 1. The Balaban J connectivity index is 3.23. The van der Waals surface area contributed by atoms with Gasteiger partial charge in [0.1, 0.15) is 6.54 Å². The fraction of sp³-hybridized carbons (Fsp3) is 0.750. The predicted molar refractivity (Wildman–Crippen MR) is 81.6 cm³/mol. The molecule has 0 unspecified atom stereocenters. The third kappa shape index (κ3) is 14.7. The fourth-order valence-electron chi connectivity index (χ4n) is 1.91. The standard InChI is InChI=1S/C16H29NO3/c1-2-3-4-5-6-7-8-9-10-11-12-13-15(18)17-14-16(19)20/h6-7H,2-5,8-14H2,1H3,(H,17,18)(H,19,20)/b7-6-. The average Bonchev–Trinajstić information content (AvgIpc) is 2.42. The van der Waals surface area contributed by atoms with E-state index in [4.69, 9.17) is 5.11 Å². The highest BCUT2D eigenvalue weighted by Gasteiger charge is 2.02. The highest BCUT2D eigenvalue weighted by Crippen LogP contribution is 2.07. The second-order valence-electron chi connectivity index (χ2n) is 5.09. The number of carbonyl (C=O) groups excluding carboxylic acids is 1. The minimum Gasteiger partial charge on any atom is -0.480 e. The Labute approximate surface area is 122 Å². The third-order valence-corrected chi connectivity index (χ3v) is 3.10. The number of carboxylic acids is 1. The van der Waals surface area contributed by atoms with Gasteiger partial charge in [0.05, 0.1) is 0 Å². The highest BCUT2D eigenvalue weighted by molar-refractivity contribution is 5.80. The van der Waals surface area contributed by atoms with Crippen molar-refractivity contribution in [2.24, 2.45) is 0 Å². The van der Waals surface area contributed by atoms with Crippen molar-refractivity contribution in [1.82, 2.24) is 5.32 Å². The molecule has 0 aromatic carbocycles. The van der Waals surface area contributed by atoms with E-state index in [0.29, 0.717) is 6.42 Å². The second-order valence-corrected chi connectivity index (χ2v) is 5.09. The summed E-state index contributed by atoms with van der Waals surface area (Å²) in [6, 6.07) is 0. The van der Waals surface area contributed by atoms with Gasteiger partial charge in [0.15, 0.2) is 0 Å². The summed E-state index contributed by atoms with van der Waals surface area (Å²) in [7, 11) is 0. The van der Waals surface area contributed by atoms with Gasteiger partial charge in [-0.25, -0.2) is 0 Å². The van der Waals surface area contributed by atoms with Crippen LogP contribution in [0.25, 0.3) is 0 Å². The van der Waals surface area contributed by atoms with Gasteiger partial charge in [-0.1, -0.05) is 44.8 Å².